The van der Waals surface area contributed by atoms with Crippen LogP contribution in [0.15, 0.2) is 24.3 Å². The van der Waals surface area contributed by atoms with Crippen LogP contribution < -0.4 is 10.0 Å². The van der Waals surface area contributed by atoms with Crippen molar-refractivity contribution in [3.05, 3.63) is 24.3 Å². The molecule has 0 atom stereocenters. The Bertz CT molecular complexity index is 597. The molecule has 8 nitrogen and oxygen atoms in total. The zero-order valence-corrected chi connectivity index (χ0v) is 12.1. The number of amides is 1. The first-order valence-electron chi connectivity index (χ1n) is 6.08. The number of benzene rings is 1. The summed E-state index contributed by atoms with van der Waals surface area (Å²) in [4.78, 5) is 21.5. The van der Waals surface area contributed by atoms with Crippen LogP contribution >= 0.6 is 0 Å². The van der Waals surface area contributed by atoms with Crippen LogP contribution in [-0.4, -0.2) is 37.9 Å². The number of carboxylic acid groups (broad SMARTS) is 1. The summed E-state index contributed by atoms with van der Waals surface area (Å²) in [5.74, 6) is -1.69. The highest BCUT2D eigenvalue weighted by atomic mass is 32.2. The Morgan fingerprint density at radius 2 is 1.76 bits per heavy atom. The Labute approximate surface area is 122 Å². The van der Waals surface area contributed by atoms with E-state index < -0.39 is 34.3 Å². The molecule has 1 aromatic carbocycles. The fraction of sp³-hybridized carbons (Fsp3) is 0.333. The van der Waals surface area contributed by atoms with E-state index in [-0.39, 0.29) is 12.3 Å². The number of anilines is 2. The lowest BCUT2D eigenvalue weighted by Gasteiger charge is -2.09. The van der Waals surface area contributed by atoms with Crippen LogP contribution in [0.25, 0.3) is 0 Å². The predicted molar refractivity (Wildman–Crippen MR) is 76.7 cm³/mol. The van der Waals surface area contributed by atoms with Gasteiger partial charge < -0.3 is 9.84 Å². The lowest BCUT2D eigenvalue weighted by atomic mass is 10.3. The number of nitrogens with one attached hydrogen (secondary N) is 2. The minimum absolute atomic E-state index is 0.243. The van der Waals surface area contributed by atoms with Gasteiger partial charge in [0, 0.05) is 11.4 Å². The number of carbonyl (C=O) groups is 2. The van der Waals surface area contributed by atoms with Crippen molar-refractivity contribution in [3.8, 4) is 0 Å². The van der Waals surface area contributed by atoms with E-state index in [1.165, 1.54) is 24.3 Å². The van der Waals surface area contributed by atoms with E-state index in [9.17, 15) is 18.0 Å². The monoisotopic (exact) mass is 316 g/mol. The summed E-state index contributed by atoms with van der Waals surface area (Å²) in [6.45, 7) is 1.92. The van der Waals surface area contributed by atoms with Gasteiger partial charge in [-0.3, -0.25) is 14.8 Å². The van der Waals surface area contributed by atoms with E-state index in [1.807, 2.05) is 0 Å². The van der Waals surface area contributed by atoms with E-state index in [2.05, 4.69) is 10.0 Å². The minimum atomic E-state index is -3.72. The first-order valence-corrected chi connectivity index (χ1v) is 7.74. The third-order valence-corrected chi connectivity index (χ3v) is 3.55. The average molecular weight is 316 g/mol. The molecule has 116 valence electrons. The molecule has 0 aliphatic heterocycles. The predicted octanol–water partition coefficient (Wildman–Crippen LogP) is 1.47. The molecule has 0 unspecified atom stereocenters. The molecular weight excluding hydrogens is 300 g/mol. The molecular formula is C12H16N2O6S. The molecule has 0 aliphatic rings. The van der Waals surface area contributed by atoms with Gasteiger partial charge in [0.1, 0.15) is 0 Å². The summed E-state index contributed by atoms with van der Waals surface area (Å²) in [6, 6.07) is 5.87. The van der Waals surface area contributed by atoms with E-state index in [4.69, 9.17) is 9.84 Å². The van der Waals surface area contributed by atoms with Gasteiger partial charge in [0.05, 0.1) is 18.8 Å². The third-order valence-electron chi connectivity index (χ3n) is 2.26. The maximum Gasteiger partial charge on any atom is 0.411 e. The number of aliphatic carboxylic acids is 1. The molecule has 1 rings (SSSR count). The Morgan fingerprint density at radius 1 is 1.19 bits per heavy atom. The quantitative estimate of drug-likeness (QED) is 0.700. The Balaban J connectivity index is 2.62. The van der Waals surface area contributed by atoms with Gasteiger partial charge in [0.25, 0.3) is 0 Å². The van der Waals surface area contributed by atoms with Gasteiger partial charge in [0.15, 0.2) is 0 Å². The molecule has 1 amide bonds. The molecule has 21 heavy (non-hydrogen) atoms. The van der Waals surface area contributed by atoms with Crippen molar-refractivity contribution in [2.24, 2.45) is 0 Å². The van der Waals surface area contributed by atoms with Gasteiger partial charge in [-0.2, -0.15) is 0 Å². The maximum absolute atomic E-state index is 11.6. The highest BCUT2D eigenvalue weighted by Gasteiger charge is 2.12. The highest BCUT2D eigenvalue weighted by Crippen LogP contribution is 2.15. The highest BCUT2D eigenvalue weighted by molar-refractivity contribution is 7.92. The van der Waals surface area contributed by atoms with Crippen molar-refractivity contribution in [1.82, 2.24) is 0 Å². The number of hydrogen-bond acceptors (Lipinski definition) is 5. The molecule has 0 saturated carbocycles. The molecule has 0 bridgehead atoms. The second kappa shape index (κ2) is 7.48. The van der Waals surface area contributed by atoms with Crippen molar-refractivity contribution >= 4 is 33.5 Å². The van der Waals surface area contributed by atoms with Crippen LogP contribution in [0.4, 0.5) is 16.2 Å². The van der Waals surface area contributed by atoms with Gasteiger partial charge >= 0.3 is 12.1 Å². The Morgan fingerprint density at radius 3 is 2.29 bits per heavy atom. The van der Waals surface area contributed by atoms with Crippen LogP contribution in [0, 0.1) is 0 Å². The molecule has 0 fully saturated rings. The number of sulfonamides is 1. The van der Waals surface area contributed by atoms with Gasteiger partial charge in [-0.1, -0.05) is 0 Å². The summed E-state index contributed by atoms with van der Waals surface area (Å²) >= 11 is 0. The molecule has 0 aliphatic carbocycles. The molecule has 0 radical (unpaired) electrons. The number of carboxylic acids is 1. The number of hydrogen-bond donors (Lipinski definition) is 3. The largest absolute Gasteiger partial charge is 0.481 e. The summed E-state index contributed by atoms with van der Waals surface area (Å²) < 4.78 is 30.1. The van der Waals surface area contributed by atoms with Crippen LogP contribution in [0.5, 0.6) is 0 Å². The van der Waals surface area contributed by atoms with E-state index in [0.29, 0.717) is 5.69 Å². The molecule has 0 saturated heterocycles. The Hall–Kier alpha value is -2.29. The summed E-state index contributed by atoms with van der Waals surface area (Å²) in [5, 5.41) is 10.9. The number of ether oxygens (including phenoxy) is 1. The SMILES string of the molecule is CCOC(=O)Nc1ccc(NS(=O)(=O)CCC(=O)O)cc1. The second-order valence-electron chi connectivity index (χ2n) is 3.99. The molecule has 0 aromatic heterocycles. The van der Waals surface area contributed by atoms with E-state index >= 15 is 0 Å². The fourth-order valence-corrected chi connectivity index (χ4v) is 2.40. The summed E-state index contributed by atoms with van der Waals surface area (Å²) in [5.41, 5.74) is 0.719. The fourth-order valence-electron chi connectivity index (χ4n) is 1.36. The van der Waals surface area contributed by atoms with E-state index in [0.717, 1.165) is 0 Å². The zero-order valence-electron chi connectivity index (χ0n) is 11.3. The van der Waals surface area contributed by atoms with Crippen molar-refractivity contribution in [1.29, 1.82) is 0 Å². The van der Waals surface area contributed by atoms with Crippen molar-refractivity contribution in [2.75, 3.05) is 22.4 Å². The second-order valence-corrected chi connectivity index (χ2v) is 5.83. The normalized spacial score (nSPS) is 10.7. The Kier molecular flexibility index (Phi) is 5.97. The smallest absolute Gasteiger partial charge is 0.411 e. The third kappa shape index (κ3) is 6.61. The number of carbonyl (C=O) groups excluding carboxylic acids is 1. The van der Waals surface area contributed by atoms with E-state index in [1.54, 1.807) is 6.92 Å². The molecule has 9 heteroatoms. The molecule has 0 heterocycles. The zero-order chi connectivity index (χ0) is 15.9. The minimum Gasteiger partial charge on any atom is -0.481 e. The van der Waals surface area contributed by atoms with Crippen molar-refractivity contribution in [3.63, 3.8) is 0 Å². The van der Waals surface area contributed by atoms with Crippen LogP contribution in [0.3, 0.4) is 0 Å². The van der Waals surface area contributed by atoms with Gasteiger partial charge in [-0.15, -0.1) is 0 Å². The van der Waals surface area contributed by atoms with Gasteiger partial charge in [-0.25, -0.2) is 13.2 Å². The molecule has 1 aromatic rings. The average Bonchev–Trinajstić information content (AvgIpc) is 2.39. The van der Waals surface area contributed by atoms with Crippen molar-refractivity contribution < 1.29 is 27.9 Å². The van der Waals surface area contributed by atoms with Crippen LogP contribution in [-0.2, 0) is 19.6 Å². The topological polar surface area (TPSA) is 122 Å². The first kappa shape index (κ1) is 16.8. The van der Waals surface area contributed by atoms with Gasteiger partial charge in [0.2, 0.25) is 10.0 Å². The number of rotatable bonds is 7. The standard InChI is InChI=1S/C12H16N2O6S/c1-2-20-12(17)13-9-3-5-10(6-4-9)14-21(18,19)8-7-11(15)16/h3-6,14H,2,7-8H2,1H3,(H,13,17)(H,15,16). The van der Waals surface area contributed by atoms with Crippen molar-refractivity contribution in [2.45, 2.75) is 13.3 Å². The molecule has 3 N–H and O–H groups in total. The summed E-state index contributed by atoms with van der Waals surface area (Å²) in [6.07, 6.45) is -1.08. The lowest BCUT2D eigenvalue weighted by Crippen LogP contribution is -2.19. The van der Waals surface area contributed by atoms with Gasteiger partial charge in [-0.05, 0) is 31.2 Å². The maximum atomic E-state index is 11.6. The van der Waals surface area contributed by atoms with Crippen LogP contribution in [0.2, 0.25) is 0 Å². The lowest BCUT2D eigenvalue weighted by molar-refractivity contribution is -0.136. The first-order chi connectivity index (χ1) is 9.82. The summed E-state index contributed by atoms with van der Waals surface area (Å²) in [7, 11) is -3.72. The van der Waals surface area contributed by atoms with Crippen LogP contribution in [0.1, 0.15) is 13.3 Å². The molecule has 0 spiro atoms.